The first-order valence-corrected chi connectivity index (χ1v) is 9.87. The summed E-state index contributed by atoms with van der Waals surface area (Å²) in [5.74, 6) is -0.206. The molecule has 0 amide bonds. The van der Waals surface area contributed by atoms with Crippen LogP contribution in [0.1, 0.15) is 37.0 Å². The minimum absolute atomic E-state index is 0.148. The van der Waals surface area contributed by atoms with Crippen molar-refractivity contribution >= 4 is 25.3 Å². The number of imidazole rings is 1. The van der Waals surface area contributed by atoms with Crippen LogP contribution in [0.25, 0.3) is 11.0 Å². The molecule has 0 aliphatic carbocycles. The third-order valence-corrected chi connectivity index (χ3v) is 8.63. The molecule has 0 saturated carbocycles. The van der Waals surface area contributed by atoms with Gasteiger partial charge in [0.25, 0.3) is 0 Å². The lowest BCUT2D eigenvalue weighted by atomic mass is 10.2. The zero-order valence-electron chi connectivity index (χ0n) is 13.2. The van der Waals surface area contributed by atoms with Crippen LogP contribution < -0.4 is 0 Å². The molecular weight excluding hydrogens is 284 g/mol. The lowest BCUT2D eigenvalue weighted by molar-refractivity contribution is 0.0697. The molecule has 0 radical (unpaired) electrons. The Morgan fingerprint density at radius 1 is 1.38 bits per heavy atom. The van der Waals surface area contributed by atoms with Gasteiger partial charge in [-0.3, -0.25) is 0 Å². The number of nitrogens with one attached hydrogen (secondary N) is 1. The molecule has 0 aliphatic rings. The molecule has 0 aliphatic heterocycles. The van der Waals surface area contributed by atoms with Gasteiger partial charge in [0.1, 0.15) is 5.82 Å². The van der Waals surface area contributed by atoms with Gasteiger partial charge in [0, 0.05) is 0 Å². The van der Waals surface area contributed by atoms with E-state index in [1.165, 1.54) is 0 Å². The quantitative estimate of drug-likeness (QED) is 0.843. The Morgan fingerprint density at radius 3 is 2.62 bits per heavy atom. The predicted molar refractivity (Wildman–Crippen MR) is 85.0 cm³/mol. The normalized spacial score (nSPS) is 12.8. The lowest BCUT2D eigenvalue weighted by Gasteiger charge is -2.35. The number of carbonyl (C=O) groups is 1. The Morgan fingerprint density at radius 2 is 2.05 bits per heavy atom. The van der Waals surface area contributed by atoms with Crippen LogP contribution in [0, 0.1) is 0 Å². The van der Waals surface area contributed by atoms with Gasteiger partial charge in [-0.2, -0.15) is 0 Å². The monoisotopic (exact) mass is 306 g/mol. The third-order valence-electron chi connectivity index (χ3n) is 4.15. The molecule has 1 heterocycles. The molecule has 1 aromatic carbocycles. The molecule has 0 spiro atoms. The van der Waals surface area contributed by atoms with Crippen LogP contribution in [0.3, 0.4) is 0 Å². The van der Waals surface area contributed by atoms with E-state index in [0.717, 1.165) is 16.9 Å². The van der Waals surface area contributed by atoms with E-state index < -0.39 is 14.3 Å². The number of aromatic amines is 1. The topological polar surface area (TPSA) is 75.2 Å². The summed E-state index contributed by atoms with van der Waals surface area (Å²) >= 11 is 0. The summed E-state index contributed by atoms with van der Waals surface area (Å²) in [6, 6.07) is 4.87. The number of H-pyrrole nitrogens is 1. The summed E-state index contributed by atoms with van der Waals surface area (Å²) in [6.07, 6.45) is 0. The first-order valence-electron chi connectivity index (χ1n) is 6.96. The van der Waals surface area contributed by atoms with Crippen LogP contribution in [0.15, 0.2) is 18.2 Å². The maximum absolute atomic E-state index is 11.0. The number of rotatable bonds is 4. The van der Waals surface area contributed by atoms with Crippen molar-refractivity contribution in [3.63, 3.8) is 0 Å². The van der Waals surface area contributed by atoms with Crippen molar-refractivity contribution in [3.05, 3.63) is 29.6 Å². The van der Waals surface area contributed by atoms with Gasteiger partial charge in [-0.15, -0.1) is 0 Å². The fourth-order valence-corrected chi connectivity index (χ4v) is 2.66. The van der Waals surface area contributed by atoms with Crippen molar-refractivity contribution in [2.45, 2.75) is 45.5 Å². The molecular formula is C15H22N2O3Si. The van der Waals surface area contributed by atoms with Gasteiger partial charge in [0.2, 0.25) is 0 Å². The van der Waals surface area contributed by atoms with Gasteiger partial charge in [-0.25, -0.2) is 9.78 Å². The second-order valence-electron chi connectivity index (χ2n) is 6.77. The first kappa shape index (κ1) is 15.7. The van der Waals surface area contributed by atoms with Crippen molar-refractivity contribution in [2.24, 2.45) is 0 Å². The van der Waals surface area contributed by atoms with Gasteiger partial charge < -0.3 is 14.5 Å². The van der Waals surface area contributed by atoms with Crippen molar-refractivity contribution in [1.29, 1.82) is 0 Å². The molecule has 6 heteroatoms. The molecule has 0 atom stereocenters. The predicted octanol–water partition coefficient (Wildman–Crippen LogP) is 3.78. The average molecular weight is 306 g/mol. The minimum Gasteiger partial charge on any atom is -0.478 e. The number of nitrogens with zero attached hydrogens (tertiary/aromatic N) is 1. The maximum Gasteiger partial charge on any atom is 0.335 e. The summed E-state index contributed by atoms with van der Waals surface area (Å²) in [7, 11) is -1.82. The Hall–Kier alpha value is -1.66. The van der Waals surface area contributed by atoms with Crippen LogP contribution in [0.5, 0.6) is 0 Å². The number of benzene rings is 1. The number of fused-ring (bicyclic) bond motifs is 1. The highest BCUT2D eigenvalue weighted by Crippen LogP contribution is 2.36. The second kappa shape index (κ2) is 5.27. The highest BCUT2D eigenvalue weighted by Gasteiger charge is 2.37. The van der Waals surface area contributed by atoms with Crippen molar-refractivity contribution in [1.82, 2.24) is 9.97 Å². The smallest absolute Gasteiger partial charge is 0.335 e. The van der Waals surface area contributed by atoms with E-state index in [2.05, 4.69) is 43.8 Å². The molecule has 114 valence electrons. The van der Waals surface area contributed by atoms with E-state index >= 15 is 0 Å². The summed E-state index contributed by atoms with van der Waals surface area (Å²) in [5.41, 5.74) is 1.74. The molecule has 21 heavy (non-hydrogen) atoms. The van der Waals surface area contributed by atoms with Gasteiger partial charge >= 0.3 is 5.97 Å². The summed E-state index contributed by atoms with van der Waals surface area (Å²) < 4.78 is 6.12. The van der Waals surface area contributed by atoms with Gasteiger partial charge in [-0.05, 0) is 36.3 Å². The Kier molecular flexibility index (Phi) is 3.95. The van der Waals surface area contributed by atoms with Crippen LogP contribution in [-0.4, -0.2) is 29.4 Å². The summed E-state index contributed by atoms with van der Waals surface area (Å²) in [6.45, 7) is 11.4. The fraction of sp³-hybridized carbons (Fsp3) is 0.467. The SMILES string of the molecule is CC(C)(C)[Si](C)(C)OCc1nc2ccc(C(=O)O)cc2[nH]1. The van der Waals surface area contributed by atoms with Crippen molar-refractivity contribution in [2.75, 3.05) is 0 Å². The van der Waals surface area contributed by atoms with Crippen LogP contribution in [-0.2, 0) is 11.0 Å². The number of carboxylic acids is 1. The highest BCUT2D eigenvalue weighted by atomic mass is 28.4. The summed E-state index contributed by atoms with van der Waals surface area (Å²) in [5, 5.41) is 9.15. The third kappa shape index (κ3) is 3.33. The number of hydrogen-bond donors (Lipinski definition) is 2. The molecule has 2 N–H and O–H groups in total. The van der Waals surface area contributed by atoms with Crippen LogP contribution >= 0.6 is 0 Å². The Labute approximate surface area is 125 Å². The van der Waals surface area contributed by atoms with E-state index in [9.17, 15) is 4.79 Å². The van der Waals surface area contributed by atoms with E-state index in [4.69, 9.17) is 9.53 Å². The molecule has 0 bridgehead atoms. The Balaban J connectivity index is 2.19. The average Bonchev–Trinajstić information content (AvgIpc) is 2.76. The molecule has 1 aromatic heterocycles. The molecule has 0 fully saturated rings. The van der Waals surface area contributed by atoms with Gasteiger partial charge in [0.15, 0.2) is 8.32 Å². The standard InChI is InChI=1S/C15H22N2O3Si/c1-15(2,3)21(4,5)20-9-13-16-11-7-6-10(14(18)19)8-12(11)17-13/h6-8H,9H2,1-5H3,(H,16,17)(H,18,19). The number of hydrogen-bond acceptors (Lipinski definition) is 3. The van der Waals surface area contributed by atoms with E-state index in [-0.39, 0.29) is 10.6 Å². The molecule has 2 rings (SSSR count). The number of aromatic carboxylic acids is 1. The fourth-order valence-electron chi connectivity index (χ4n) is 1.73. The van der Waals surface area contributed by atoms with Gasteiger partial charge in [-0.1, -0.05) is 20.8 Å². The largest absolute Gasteiger partial charge is 0.478 e. The maximum atomic E-state index is 11.0. The van der Waals surface area contributed by atoms with Crippen molar-refractivity contribution in [3.8, 4) is 0 Å². The number of carboxylic acid groups (broad SMARTS) is 1. The zero-order chi connectivity index (χ0) is 15.8. The van der Waals surface area contributed by atoms with Crippen LogP contribution in [0.2, 0.25) is 18.1 Å². The lowest BCUT2D eigenvalue weighted by Crippen LogP contribution is -2.40. The van der Waals surface area contributed by atoms with Crippen molar-refractivity contribution < 1.29 is 14.3 Å². The Bertz CT molecular complexity index is 671. The molecule has 5 nitrogen and oxygen atoms in total. The highest BCUT2D eigenvalue weighted by molar-refractivity contribution is 6.74. The zero-order valence-corrected chi connectivity index (χ0v) is 14.2. The summed E-state index contributed by atoms with van der Waals surface area (Å²) in [4.78, 5) is 18.6. The number of aromatic nitrogens is 2. The molecule has 0 saturated heterocycles. The van der Waals surface area contributed by atoms with E-state index in [1.807, 2.05) is 0 Å². The minimum atomic E-state index is -1.82. The molecule has 0 unspecified atom stereocenters. The van der Waals surface area contributed by atoms with Gasteiger partial charge in [0.05, 0.1) is 23.2 Å². The van der Waals surface area contributed by atoms with E-state index in [0.29, 0.717) is 6.61 Å². The first-order chi connectivity index (χ1) is 9.60. The van der Waals surface area contributed by atoms with E-state index in [1.54, 1.807) is 18.2 Å². The van der Waals surface area contributed by atoms with Crippen LogP contribution in [0.4, 0.5) is 0 Å². The second-order valence-corrected chi connectivity index (χ2v) is 11.6. The molecule has 2 aromatic rings.